The molecule has 0 fully saturated rings. The molecule has 0 aliphatic carbocycles. The quantitative estimate of drug-likeness (QED) is 0.494. The SMILES string of the molecule is C=CC.CCC.CCCC.Cc1ccccc1. The van der Waals surface area contributed by atoms with E-state index in [1.54, 1.807) is 6.08 Å². The molecule has 0 aliphatic heterocycles. The van der Waals surface area contributed by atoms with Crippen molar-refractivity contribution in [1.82, 2.24) is 0 Å². The van der Waals surface area contributed by atoms with E-state index in [9.17, 15) is 0 Å². The van der Waals surface area contributed by atoms with Gasteiger partial charge in [-0.2, -0.15) is 0 Å². The van der Waals surface area contributed by atoms with Crippen LogP contribution in [0.3, 0.4) is 0 Å². The standard InChI is InChI=1S/C7H8.C4H10.C3H8.C3H6/c1-7-5-3-2-4-6-7;1-3-4-2;2*1-3-2/h2-6H,1H3;3-4H2,1-2H3;3H2,1-2H3;3H,1H2,2H3. The molecule has 0 nitrogen and oxygen atoms in total. The molecular formula is C17H32. The van der Waals surface area contributed by atoms with Crippen LogP contribution in [0.25, 0.3) is 0 Å². The molecule has 0 aliphatic rings. The first kappa shape index (κ1) is 21.3. The second-order valence-electron chi connectivity index (χ2n) is 3.77. The smallest absolute Gasteiger partial charge is 0.0398 e. The summed E-state index contributed by atoms with van der Waals surface area (Å²) in [6.45, 7) is 15.9. The average Bonchev–Trinajstić information content (AvgIpc) is 2.32. The third kappa shape index (κ3) is 39.7. The molecular weight excluding hydrogens is 204 g/mol. The Morgan fingerprint density at radius 2 is 1.24 bits per heavy atom. The van der Waals surface area contributed by atoms with Crippen molar-refractivity contribution in [2.45, 2.75) is 60.8 Å². The van der Waals surface area contributed by atoms with Crippen LogP contribution in [-0.2, 0) is 0 Å². The lowest BCUT2D eigenvalue weighted by atomic mass is 10.2. The maximum atomic E-state index is 3.36. The molecule has 100 valence electrons. The molecule has 0 saturated carbocycles. The molecule has 0 unspecified atom stereocenters. The van der Waals surface area contributed by atoms with Gasteiger partial charge in [-0.05, 0) is 13.8 Å². The Bertz CT molecular complexity index is 197. The highest BCUT2D eigenvalue weighted by Crippen LogP contribution is 1.92. The summed E-state index contributed by atoms with van der Waals surface area (Å²) in [4.78, 5) is 0. The number of hydrogen-bond donors (Lipinski definition) is 0. The second-order valence-corrected chi connectivity index (χ2v) is 3.77. The van der Waals surface area contributed by atoms with E-state index in [4.69, 9.17) is 0 Å². The molecule has 0 saturated heterocycles. The fourth-order valence-electron chi connectivity index (χ4n) is 0.534. The summed E-state index contributed by atoms with van der Waals surface area (Å²) in [5.74, 6) is 0. The highest BCUT2D eigenvalue weighted by Gasteiger charge is 1.72. The Balaban J connectivity index is -0.000000170. The molecule has 1 aromatic rings. The molecule has 1 rings (SSSR count). The number of hydrogen-bond acceptors (Lipinski definition) is 0. The number of benzene rings is 1. The predicted molar refractivity (Wildman–Crippen MR) is 83.6 cm³/mol. The van der Waals surface area contributed by atoms with Gasteiger partial charge >= 0.3 is 0 Å². The van der Waals surface area contributed by atoms with E-state index in [0.29, 0.717) is 0 Å². The van der Waals surface area contributed by atoms with Crippen LogP contribution in [0.2, 0.25) is 0 Å². The van der Waals surface area contributed by atoms with Crippen LogP contribution < -0.4 is 0 Å². The molecule has 0 N–H and O–H groups in total. The fourth-order valence-corrected chi connectivity index (χ4v) is 0.534. The zero-order chi connectivity index (χ0) is 13.9. The summed E-state index contributed by atoms with van der Waals surface area (Å²) in [7, 11) is 0. The van der Waals surface area contributed by atoms with E-state index in [1.165, 1.54) is 24.8 Å². The van der Waals surface area contributed by atoms with Crippen LogP contribution in [0.4, 0.5) is 0 Å². The maximum absolute atomic E-state index is 3.36. The first-order valence-electron chi connectivity index (χ1n) is 6.72. The first-order chi connectivity index (χ1) is 8.14. The Kier molecular flexibility index (Phi) is 30.4. The van der Waals surface area contributed by atoms with E-state index < -0.39 is 0 Å². The topological polar surface area (TPSA) is 0 Å². The Morgan fingerprint density at radius 3 is 1.35 bits per heavy atom. The third-order valence-electron chi connectivity index (χ3n) is 1.44. The predicted octanol–water partition coefficient (Wildman–Crippen LogP) is 6.41. The van der Waals surface area contributed by atoms with Gasteiger partial charge in [-0.25, -0.2) is 0 Å². The van der Waals surface area contributed by atoms with Gasteiger partial charge in [0.2, 0.25) is 0 Å². The molecule has 0 bridgehead atoms. The van der Waals surface area contributed by atoms with Crippen LogP contribution >= 0.6 is 0 Å². The minimum atomic E-state index is 1.25. The van der Waals surface area contributed by atoms with Crippen molar-refractivity contribution >= 4 is 0 Å². The van der Waals surface area contributed by atoms with Crippen molar-refractivity contribution in [3.63, 3.8) is 0 Å². The van der Waals surface area contributed by atoms with Crippen LogP contribution in [0, 0.1) is 6.92 Å². The molecule has 0 atom stereocenters. The van der Waals surface area contributed by atoms with Crippen molar-refractivity contribution in [3.8, 4) is 0 Å². The molecule has 0 spiro atoms. The summed E-state index contributed by atoms with van der Waals surface area (Å²) in [6, 6.07) is 10.3. The average molecular weight is 236 g/mol. The molecule has 0 heterocycles. The number of rotatable bonds is 1. The summed E-state index contributed by atoms with van der Waals surface area (Å²) in [6.07, 6.45) is 5.64. The van der Waals surface area contributed by atoms with Crippen molar-refractivity contribution < 1.29 is 0 Å². The monoisotopic (exact) mass is 236 g/mol. The fraction of sp³-hybridized carbons (Fsp3) is 0.529. The summed E-state index contributed by atoms with van der Waals surface area (Å²) >= 11 is 0. The largest absolute Gasteiger partial charge is 0.103 e. The zero-order valence-electron chi connectivity index (χ0n) is 12.8. The lowest BCUT2D eigenvalue weighted by Gasteiger charge is -1.82. The summed E-state index contributed by atoms with van der Waals surface area (Å²) in [5.41, 5.74) is 1.32. The van der Waals surface area contributed by atoms with Crippen molar-refractivity contribution in [3.05, 3.63) is 48.6 Å². The van der Waals surface area contributed by atoms with Crippen LogP contribution in [0.15, 0.2) is 43.0 Å². The van der Waals surface area contributed by atoms with E-state index >= 15 is 0 Å². The molecule has 0 radical (unpaired) electrons. The Hall–Kier alpha value is -1.04. The van der Waals surface area contributed by atoms with E-state index in [2.05, 4.69) is 53.3 Å². The summed E-state index contributed by atoms with van der Waals surface area (Å²) in [5, 5.41) is 0. The highest BCUT2D eigenvalue weighted by atomic mass is 13.8. The Morgan fingerprint density at radius 1 is 0.941 bits per heavy atom. The van der Waals surface area contributed by atoms with Crippen molar-refractivity contribution in [2.24, 2.45) is 0 Å². The van der Waals surface area contributed by atoms with Gasteiger partial charge in [0.25, 0.3) is 0 Å². The van der Waals surface area contributed by atoms with Crippen LogP contribution in [0.1, 0.15) is 59.4 Å². The van der Waals surface area contributed by atoms with E-state index in [1.807, 2.05) is 25.1 Å². The van der Waals surface area contributed by atoms with Crippen LogP contribution in [-0.4, -0.2) is 0 Å². The minimum Gasteiger partial charge on any atom is -0.103 e. The van der Waals surface area contributed by atoms with Gasteiger partial charge in [0.1, 0.15) is 0 Å². The maximum Gasteiger partial charge on any atom is -0.0398 e. The van der Waals surface area contributed by atoms with Gasteiger partial charge in [0.15, 0.2) is 0 Å². The molecule has 0 aromatic heterocycles. The lowest BCUT2D eigenvalue weighted by molar-refractivity contribution is 0.886. The molecule has 1 aromatic carbocycles. The Labute approximate surface area is 110 Å². The van der Waals surface area contributed by atoms with Crippen LogP contribution in [0.5, 0.6) is 0 Å². The normalized spacial score (nSPS) is 7.18. The second kappa shape index (κ2) is 24.3. The van der Waals surface area contributed by atoms with Gasteiger partial charge < -0.3 is 0 Å². The van der Waals surface area contributed by atoms with E-state index in [0.717, 1.165) is 0 Å². The van der Waals surface area contributed by atoms with Gasteiger partial charge in [0.05, 0.1) is 0 Å². The number of aryl methyl sites for hydroxylation is 1. The zero-order valence-corrected chi connectivity index (χ0v) is 12.8. The molecule has 0 amide bonds. The van der Waals surface area contributed by atoms with Gasteiger partial charge in [-0.1, -0.05) is 88.9 Å². The number of allylic oxidation sites excluding steroid dienone is 1. The lowest BCUT2D eigenvalue weighted by Crippen LogP contribution is -1.62. The number of unbranched alkanes of at least 4 members (excludes halogenated alkanes) is 1. The minimum absolute atomic E-state index is 1.25. The van der Waals surface area contributed by atoms with Crippen molar-refractivity contribution in [1.29, 1.82) is 0 Å². The molecule has 0 heteroatoms. The van der Waals surface area contributed by atoms with Gasteiger partial charge in [0, 0.05) is 0 Å². The first-order valence-corrected chi connectivity index (χ1v) is 6.72. The highest BCUT2D eigenvalue weighted by molar-refractivity contribution is 5.11. The van der Waals surface area contributed by atoms with Gasteiger partial charge in [-0.3, -0.25) is 0 Å². The van der Waals surface area contributed by atoms with Crippen molar-refractivity contribution in [2.75, 3.05) is 0 Å². The van der Waals surface area contributed by atoms with Gasteiger partial charge in [-0.15, -0.1) is 6.58 Å². The van der Waals surface area contributed by atoms with E-state index in [-0.39, 0.29) is 0 Å². The molecule has 17 heavy (non-hydrogen) atoms. The summed E-state index contributed by atoms with van der Waals surface area (Å²) < 4.78 is 0. The third-order valence-corrected chi connectivity index (χ3v) is 1.44.